The van der Waals surface area contributed by atoms with E-state index in [1.165, 1.54) is 6.08 Å². The van der Waals surface area contributed by atoms with E-state index in [4.69, 9.17) is 0 Å². The summed E-state index contributed by atoms with van der Waals surface area (Å²) in [6.45, 7) is 0. The van der Waals surface area contributed by atoms with Gasteiger partial charge in [0, 0.05) is 11.5 Å². The number of halogens is 1. The summed E-state index contributed by atoms with van der Waals surface area (Å²) in [5.41, 5.74) is 1.45. The van der Waals surface area contributed by atoms with Crippen molar-refractivity contribution in [3.05, 3.63) is 53.9 Å². The lowest BCUT2D eigenvalue weighted by atomic mass is 9.93. The van der Waals surface area contributed by atoms with Crippen molar-refractivity contribution >= 4 is 11.9 Å². The van der Waals surface area contributed by atoms with E-state index in [0.717, 1.165) is 11.8 Å². The van der Waals surface area contributed by atoms with Crippen molar-refractivity contribution in [3.8, 4) is 0 Å². The second-order valence-electron chi connectivity index (χ2n) is 3.53. The van der Waals surface area contributed by atoms with Crippen LogP contribution in [0, 0.1) is 5.92 Å². The molecule has 1 aliphatic rings. The van der Waals surface area contributed by atoms with Gasteiger partial charge in [0.2, 0.25) is 0 Å². The fourth-order valence-electron chi connectivity index (χ4n) is 1.67. The number of benzene rings is 1. The molecule has 0 spiro atoms. The third-order valence-corrected chi connectivity index (χ3v) is 2.47. The quantitative estimate of drug-likeness (QED) is 0.673. The van der Waals surface area contributed by atoms with Gasteiger partial charge < -0.3 is 4.79 Å². The van der Waals surface area contributed by atoms with Crippen LogP contribution in [0.1, 0.15) is 12.0 Å². The summed E-state index contributed by atoms with van der Waals surface area (Å²) in [5.74, 6) is -0.609. The van der Waals surface area contributed by atoms with Crippen LogP contribution in [0.15, 0.2) is 48.3 Å². The molecule has 15 heavy (non-hydrogen) atoms. The maximum Gasteiger partial charge on any atom is 0.127 e. The van der Waals surface area contributed by atoms with Gasteiger partial charge in [-0.3, -0.25) is 0 Å². The number of carbonyl (C=O) groups is 1. The number of allylic oxidation sites excluding steroid dienone is 4. The minimum atomic E-state index is -0.308. The van der Waals surface area contributed by atoms with E-state index in [2.05, 4.69) is 0 Å². The summed E-state index contributed by atoms with van der Waals surface area (Å²) < 4.78 is 13.6. The average Bonchev–Trinajstić information content (AvgIpc) is 2.30. The molecule has 2 rings (SSSR count). The standard InChI is InChI=1S/C13H11FO/c14-13-8-10(9-15)6-7-12(13)11-4-2-1-3-5-11/h1-5,7-10H,6H2. The van der Waals surface area contributed by atoms with Gasteiger partial charge in [0.15, 0.2) is 0 Å². The van der Waals surface area contributed by atoms with Gasteiger partial charge in [-0.2, -0.15) is 0 Å². The molecule has 0 aromatic heterocycles. The SMILES string of the molecule is O=CC1C=C(F)C(c2ccccc2)=CC1. The fourth-order valence-corrected chi connectivity index (χ4v) is 1.67. The second kappa shape index (κ2) is 4.22. The van der Waals surface area contributed by atoms with Crippen molar-refractivity contribution in [1.82, 2.24) is 0 Å². The van der Waals surface area contributed by atoms with Crippen LogP contribution in [0.2, 0.25) is 0 Å². The Morgan fingerprint density at radius 1 is 1.27 bits per heavy atom. The lowest BCUT2D eigenvalue weighted by molar-refractivity contribution is -0.109. The van der Waals surface area contributed by atoms with Gasteiger partial charge in [-0.15, -0.1) is 0 Å². The van der Waals surface area contributed by atoms with Gasteiger partial charge >= 0.3 is 0 Å². The number of carbonyl (C=O) groups excluding carboxylic acids is 1. The zero-order chi connectivity index (χ0) is 10.7. The molecule has 0 saturated carbocycles. The van der Waals surface area contributed by atoms with E-state index >= 15 is 0 Å². The lowest BCUT2D eigenvalue weighted by Gasteiger charge is -2.13. The predicted molar refractivity (Wildman–Crippen MR) is 57.8 cm³/mol. The average molecular weight is 202 g/mol. The molecule has 2 heteroatoms. The fraction of sp³-hybridized carbons (Fsp3) is 0.154. The van der Waals surface area contributed by atoms with Gasteiger partial charge in [0.05, 0.1) is 0 Å². The van der Waals surface area contributed by atoms with Gasteiger partial charge in [-0.25, -0.2) is 4.39 Å². The Morgan fingerprint density at radius 3 is 2.60 bits per heavy atom. The Morgan fingerprint density at radius 2 is 2.00 bits per heavy atom. The molecule has 0 fully saturated rings. The molecule has 0 heterocycles. The van der Waals surface area contributed by atoms with E-state index in [9.17, 15) is 9.18 Å². The maximum atomic E-state index is 13.6. The minimum absolute atomic E-state index is 0.301. The monoisotopic (exact) mass is 202 g/mol. The van der Waals surface area contributed by atoms with Crippen molar-refractivity contribution in [2.24, 2.45) is 5.92 Å². The highest BCUT2D eigenvalue weighted by Gasteiger charge is 2.15. The summed E-state index contributed by atoms with van der Waals surface area (Å²) >= 11 is 0. The Kier molecular flexibility index (Phi) is 2.77. The van der Waals surface area contributed by atoms with Crippen LogP contribution in [-0.4, -0.2) is 6.29 Å². The Hall–Kier alpha value is -1.70. The van der Waals surface area contributed by atoms with Gasteiger partial charge in [-0.05, 0) is 18.1 Å². The molecule has 0 aliphatic heterocycles. The smallest absolute Gasteiger partial charge is 0.127 e. The number of aldehydes is 1. The first-order valence-electron chi connectivity index (χ1n) is 4.90. The molecule has 1 unspecified atom stereocenters. The number of hydrogen-bond donors (Lipinski definition) is 0. The number of rotatable bonds is 2. The van der Waals surface area contributed by atoms with E-state index in [0.29, 0.717) is 12.0 Å². The lowest BCUT2D eigenvalue weighted by Crippen LogP contribution is -2.03. The van der Waals surface area contributed by atoms with Crippen LogP contribution in [-0.2, 0) is 4.79 Å². The normalized spacial score (nSPS) is 20.5. The first-order valence-corrected chi connectivity index (χ1v) is 4.90. The molecule has 1 nitrogen and oxygen atoms in total. The molecule has 1 aromatic rings. The van der Waals surface area contributed by atoms with E-state index in [1.54, 1.807) is 6.08 Å². The highest BCUT2D eigenvalue weighted by atomic mass is 19.1. The van der Waals surface area contributed by atoms with E-state index < -0.39 is 0 Å². The molecule has 0 radical (unpaired) electrons. The van der Waals surface area contributed by atoms with Gasteiger partial charge in [0.25, 0.3) is 0 Å². The third kappa shape index (κ3) is 2.04. The van der Waals surface area contributed by atoms with Crippen molar-refractivity contribution in [2.75, 3.05) is 0 Å². The summed E-state index contributed by atoms with van der Waals surface area (Å²) in [6, 6.07) is 9.36. The molecule has 76 valence electrons. The summed E-state index contributed by atoms with van der Waals surface area (Å²) in [7, 11) is 0. The Bertz CT molecular complexity index is 417. The molecule has 0 N–H and O–H groups in total. The van der Waals surface area contributed by atoms with Gasteiger partial charge in [-0.1, -0.05) is 36.4 Å². The topological polar surface area (TPSA) is 17.1 Å². The Balaban J connectivity index is 2.30. The number of hydrogen-bond acceptors (Lipinski definition) is 1. The van der Waals surface area contributed by atoms with Crippen molar-refractivity contribution in [2.45, 2.75) is 6.42 Å². The molecule has 1 aliphatic carbocycles. The van der Waals surface area contributed by atoms with Crippen LogP contribution >= 0.6 is 0 Å². The van der Waals surface area contributed by atoms with Crippen LogP contribution in [0.3, 0.4) is 0 Å². The summed E-state index contributed by atoms with van der Waals surface area (Å²) in [4.78, 5) is 10.5. The highest BCUT2D eigenvalue weighted by molar-refractivity contribution is 5.79. The van der Waals surface area contributed by atoms with Crippen LogP contribution in [0.5, 0.6) is 0 Å². The third-order valence-electron chi connectivity index (χ3n) is 2.47. The van der Waals surface area contributed by atoms with E-state index in [1.807, 2.05) is 30.3 Å². The molecular weight excluding hydrogens is 191 g/mol. The zero-order valence-electron chi connectivity index (χ0n) is 8.19. The van der Waals surface area contributed by atoms with Crippen molar-refractivity contribution in [3.63, 3.8) is 0 Å². The van der Waals surface area contributed by atoms with Crippen LogP contribution in [0.25, 0.3) is 5.57 Å². The molecule has 1 aromatic carbocycles. The molecule has 0 saturated heterocycles. The largest absolute Gasteiger partial charge is 0.303 e. The maximum absolute atomic E-state index is 13.6. The van der Waals surface area contributed by atoms with Crippen LogP contribution < -0.4 is 0 Å². The minimum Gasteiger partial charge on any atom is -0.303 e. The molecular formula is C13H11FO. The predicted octanol–water partition coefficient (Wildman–Crippen LogP) is 3.14. The highest BCUT2D eigenvalue weighted by Crippen LogP contribution is 2.30. The zero-order valence-corrected chi connectivity index (χ0v) is 8.19. The first kappa shape index (κ1) is 9.84. The van der Waals surface area contributed by atoms with E-state index in [-0.39, 0.29) is 11.7 Å². The molecule has 0 amide bonds. The van der Waals surface area contributed by atoms with Gasteiger partial charge in [0.1, 0.15) is 12.1 Å². The summed E-state index contributed by atoms with van der Waals surface area (Å²) in [6.07, 6.45) is 4.53. The summed E-state index contributed by atoms with van der Waals surface area (Å²) in [5, 5.41) is 0. The van der Waals surface area contributed by atoms with Crippen LogP contribution in [0.4, 0.5) is 4.39 Å². The molecule has 0 bridgehead atoms. The van der Waals surface area contributed by atoms with Crippen molar-refractivity contribution < 1.29 is 9.18 Å². The van der Waals surface area contributed by atoms with Crippen molar-refractivity contribution in [1.29, 1.82) is 0 Å². The first-order chi connectivity index (χ1) is 7.31. The second-order valence-corrected chi connectivity index (χ2v) is 3.53. The molecule has 1 atom stereocenters. The Labute approximate surface area is 87.9 Å².